The van der Waals surface area contributed by atoms with Crippen LogP contribution in [0.4, 0.5) is 0 Å². The summed E-state index contributed by atoms with van der Waals surface area (Å²) in [7, 11) is 0. The van der Waals surface area contributed by atoms with Gasteiger partial charge < -0.3 is 9.47 Å². The molecular weight excluding hydrogens is 861 g/mol. The minimum Gasteiger partial charge on any atom is -0.457 e. The number of hydrogen-bond donors (Lipinski definition) is 0. The Bertz CT molecular complexity index is 2570. The smallest absolute Gasteiger partial charge is 0.127 e. The van der Waals surface area contributed by atoms with E-state index in [1.807, 2.05) is 80.2 Å². The highest BCUT2D eigenvalue weighted by Crippen LogP contribution is 2.49. The van der Waals surface area contributed by atoms with E-state index in [2.05, 4.69) is 125 Å². The third-order valence-corrected chi connectivity index (χ3v) is 18.7. The summed E-state index contributed by atoms with van der Waals surface area (Å²) in [5.41, 5.74) is 5.47. The fourth-order valence-electron chi connectivity index (χ4n) is 7.57. The van der Waals surface area contributed by atoms with E-state index in [-0.39, 0.29) is 0 Å². The highest BCUT2D eigenvalue weighted by atomic mass is 32.1. The first-order chi connectivity index (χ1) is 30.0. The molecule has 316 valence electrons. The zero-order valence-corrected chi connectivity index (χ0v) is 40.7. The topological polar surface area (TPSA) is 18.5 Å². The van der Waals surface area contributed by atoms with Crippen LogP contribution in [0.3, 0.4) is 0 Å². The second-order valence-electron chi connectivity index (χ2n) is 15.7. The lowest BCUT2D eigenvalue weighted by Crippen LogP contribution is -1.95. The Hall–Kier alpha value is -3.60. The molecule has 0 atom stereocenters. The predicted octanol–water partition coefficient (Wildman–Crippen LogP) is 19.0. The number of hydrogen-bond acceptors (Lipinski definition) is 8. The second kappa shape index (κ2) is 21.7. The molecule has 0 aliphatic heterocycles. The summed E-state index contributed by atoms with van der Waals surface area (Å²) in [5, 5.41) is 0. The molecule has 0 spiro atoms. The van der Waals surface area contributed by atoms with Gasteiger partial charge in [0.1, 0.15) is 11.5 Å². The van der Waals surface area contributed by atoms with Gasteiger partial charge in [0.25, 0.3) is 0 Å². The third-order valence-electron chi connectivity index (χ3n) is 11.0. The molecule has 0 saturated heterocycles. The first-order valence-corrected chi connectivity index (χ1v) is 27.0. The van der Waals surface area contributed by atoms with Crippen LogP contribution in [-0.2, 0) is 24.0 Å². The minimum atomic E-state index is 0.776. The van der Waals surface area contributed by atoms with Crippen molar-refractivity contribution in [2.45, 2.75) is 98.3 Å². The van der Waals surface area contributed by atoms with Gasteiger partial charge in [0.05, 0.1) is 6.61 Å². The van der Waals surface area contributed by atoms with Gasteiger partial charge in [-0.2, -0.15) is 0 Å². The van der Waals surface area contributed by atoms with E-state index in [9.17, 15) is 0 Å². The fraction of sp³-hybridized carbons (Fsp3) is 0.321. The Kier molecular flexibility index (Phi) is 15.6. The highest BCUT2D eigenvalue weighted by Gasteiger charge is 2.19. The van der Waals surface area contributed by atoms with Gasteiger partial charge in [-0.1, -0.05) is 70.1 Å². The molecule has 0 aliphatic carbocycles. The summed E-state index contributed by atoms with van der Waals surface area (Å²) in [6, 6.07) is 40.5. The Morgan fingerprint density at radius 3 is 1.46 bits per heavy atom. The molecule has 8 rings (SSSR count). The van der Waals surface area contributed by atoms with Crippen molar-refractivity contribution in [3.63, 3.8) is 0 Å². The maximum Gasteiger partial charge on any atom is 0.127 e. The molecule has 0 saturated carbocycles. The molecule has 0 amide bonds. The standard InChI is InChI=1S/C53H56O2S6/c1-5-8-10-12-14-38-34-50(37-18-22-41(23-19-37)55-40-20-16-36(4)17-21-40)60-52(38)48-30-28-45(58-48)46-29-31-49(59-46)53-39(15-13-11-9-6-2)35-51(61-53)47-27-26-44(57-47)43-25-24-42(56-43)32-33-54-7-3/h16-31,34-35H,5-15,32-33H2,1-4H3. The third kappa shape index (κ3) is 11.3. The van der Waals surface area contributed by atoms with Gasteiger partial charge >= 0.3 is 0 Å². The van der Waals surface area contributed by atoms with Gasteiger partial charge in [-0.05, 0) is 153 Å². The summed E-state index contributed by atoms with van der Waals surface area (Å²) in [5.74, 6) is 1.73. The van der Waals surface area contributed by atoms with E-state index in [0.717, 1.165) is 44.0 Å². The zero-order chi connectivity index (χ0) is 42.0. The number of ether oxygens (including phenoxy) is 2. The quantitative estimate of drug-likeness (QED) is 0.0631. The molecule has 6 heterocycles. The minimum absolute atomic E-state index is 0.776. The summed E-state index contributed by atoms with van der Waals surface area (Å²) in [4.78, 5) is 16.6. The van der Waals surface area contributed by atoms with Crippen molar-refractivity contribution in [2.75, 3.05) is 13.2 Å². The van der Waals surface area contributed by atoms with Crippen molar-refractivity contribution in [1.29, 1.82) is 0 Å². The van der Waals surface area contributed by atoms with Gasteiger partial charge in [-0.25, -0.2) is 0 Å². The van der Waals surface area contributed by atoms with Crippen LogP contribution in [-0.4, -0.2) is 13.2 Å². The molecule has 0 fully saturated rings. The van der Waals surface area contributed by atoms with Crippen molar-refractivity contribution in [3.8, 4) is 70.7 Å². The molecule has 61 heavy (non-hydrogen) atoms. The fourth-order valence-corrected chi connectivity index (χ4v) is 14.6. The van der Waals surface area contributed by atoms with Crippen LogP contribution in [0.1, 0.15) is 93.7 Å². The van der Waals surface area contributed by atoms with E-state index < -0.39 is 0 Å². The van der Waals surface area contributed by atoms with E-state index in [1.54, 1.807) is 0 Å². The van der Waals surface area contributed by atoms with Crippen molar-refractivity contribution < 1.29 is 9.47 Å². The van der Waals surface area contributed by atoms with E-state index in [1.165, 1.54) is 132 Å². The van der Waals surface area contributed by atoms with Crippen LogP contribution < -0.4 is 4.74 Å². The van der Waals surface area contributed by atoms with Crippen LogP contribution in [0.2, 0.25) is 0 Å². The molecule has 0 aliphatic rings. The number of aryl methyl sites for hydroxylation is 3. The van der Waals surface area contributed by atoms with Crippen LogP contribution in [0.5, 0.6) is 11.5 Å². The molecular formula is C53H56O2S6. The predicted molar refractivity (Wildman–Crippen MR) is 273 cm³/mol. The first-order valence-electron chi connectivity index (χ1n) is 22.1. The Morgan fingerprint density at radius 2 is 0.885 bits per heavy atom. The largest absolute Gasteiger partial charge is 0.457 e. The molecule has 0 unspecified atom stereocenters. The van der Waals surface area contributed by atoms with E-state index in [0.29, 0.717) is 0 Å². The lowest BCUT2D eigenvalue weighted by molar-refractivity contribution is 0.151. The Morgan fingerprint density at radius 1 is 0.410 bits per heavy atom. The van der Waals surface area contributed by atoms with E-state index in [4.69, 9.17) is 9.47 Å². The second-order valence-corrected chi connectivity index (χ2v) is 22.2. The van der Waals surface area contributed by atoms with E-state index >= 15 is 0 Å². The first kappa shape index (κ1) is 44.0. The highest BCUT2D eigenvalue weighted by molar-refractivity contribution is 7.30. The lowest BCUT2D eigenvalue weighted by atomic mass is 10.0. The van der Waals surface area contributed by atoms with Gasteiger partial charge in [-0.15, -0.1) is 68.0 Å². The van der Waals surface area contributed by atoms with Gasteiger partial charge in [0.2, 0.25) is 0 Å². The molecule has 8 heteroatoms. The van der Waals surface area contributed by atoms with Crippen molar-refractivity contribution in [3.05, 3.63) is 131 Å². The molecule has 0 radical (unpaired) electrons. The summed E-state index contributed by atoms with van der Waals surface area (Å²) in [6.45, 7) is 10.3. The average molecular weight is 917 g/mol. The normalized spacial score (nSPS) is 11.5. The molecule has 8 aromatic rings. The SMILES string of the molecule is CCCCCCc1cc(-c2ccc(Oc3ccc(C)cc3)cc2)sc1-c1ccc(-c2ccc(-c3sc(-c4ccc(-c5ccc(CCOCC)s5)s4)cc3CCCCCC)s2)s1. The van der Waals surface area contributed by atoms with Crippen LogP contribution in [0.15, 0.2) is 109 Å². The molecule has 6 aromatic heterocycles. The molecule has 2 aromatic carbocycles. The van der Waals surface area contributed by atoms with Crippen molar-refractivity contribution in [2.24, 2.45) is 0 Å². The van der Waals surface area contributed by atoms with Crippen LogP contribution in [0, 0.1) is 6.92 Å². The maximum atomic E-state index is 6.16. The van der Waals surface area contributed by atoms with Crippen LogP contribution >= 0.6 is 68.0 Å². The molecule has 0 bridgehead atoms. The number of unbranched alkanes of at least 4 members (excludes halogenated alkanes) is 6. The number of rotatable bonds is 22. The van der Waals surface area contributed by atoms with Crippen molar-refractivity contribution in [1.82, 2.24) is 0 Å². The molecule has 0 N–H and O–H groups in total. The van der Waals surface area contributed by atoms with Crippen molar-refractivity contribution >= 4 is 68.0 Å². The Labute approximate surface area is 387 Å². The molecule has 2 nitrogen and oxygen atoms in total. The van der Waals surface area contributed by atoms with Crippen LogP contribution in [0.25, 0.3) is 59.2 Å². The average Bonchev–Trinajstić information content (AvgIpc) is 4.13. The van der Waals surface area contributed by atoms with Gasteiger partial charge in [-0.3, -0.25) is 0 Å². The van der Waals surface area contributed by atoms with Gasteiger partial charge in [0.15, 0.2) is 0 Å². The summed E-state index contributed by atoms with van der Waals surface area (Å²) in [6.07, 6.45) is 13.4. The number of benzene rings is 2. The summed E-state index contributed by atoms with van der Waals surface area (Å²) >= 11 is 11.7. The maximum absolute atomic E-state index is 6.16. The zero-order valence-electron chi connectivity index (χ0n) is 35.9. The van der Waals surface area contributed by atoms with Gasteiger partial charge in [0, 0.05) is 71.6 Å². The summed E-state index contributed by atoms with van der Waals surface area (Å²) < 4.78 is 11.8. The number of thiophene rings is 6. The Balaban J connectivity index is 1.03. The monoisotopic (exact) mass is 916 g/mol. The lowest BCUT2D eigenvalue weighted by Gasteiger charge is -2.06.